The number of aromatic nitrogens is 2. The summed E-state index contributed by atoms with van der Waals surface area (Å²) in [6.45, 7) is 0. The summed E-state index contributed by atoms with van der Waals surface area (Å²) in [5, 5.41) is 4.05. The molecule has 144 valence electrons. The van der Waals surface area contributed by atoms with Crippen LogP contribution >= 0.6 is 23.1 Å². The number of hydrogen-bond acceptors (Lipinski definition) is 5. The number of benzene rings is 1. The number of carbonyl (C=O) groups excluding carboxylic acids is 1. The number of rotatable bonds is 5. The van der Waals surface area contributed by atoms with Crippen molar-refractivity contribution in [1.29, 1.82) is 0 Å². The molecule has 1 aromatic carbocycles. The molecule has 1 fully saturated rings. The second kappa shape index (κ2) is 7.04. The van der Waals surface area contributed by atoms with Crippen molar-refractivity contribution in [3.8, 4) is 0 Å². The maximum atomic E-state index is 13.1. The molecule has 2 aliphatic rings. The Labute approximate surface area is 171 Å². The highest BCUT2D eigenvalue weighted by Crippen LogP contribution is 2.38. The van der Waals surface area contributed by atoms with Gasteiger partial charge in [0.1, 0.15) is 10.1 Å². The Hall–Kier alpha value is -2.12. The van der Waals surface area contributed by atoms with Crippen LogP contribution in [-0.2, 0) is 24.7 Å². The average Bonchev–Trinajstić information content (AvgIpc) is 3.27. The maximum Gasteiger partial charge on any atom is 0.262 e. The smallest absolute Gasteiger partial charge is 0.262 e. The standard InChI is InChI=1S/C21H21N3O2S2/c1-24-20(26)16-14-8-5-9-15(14)27-19(16)23-21(24)28-17(12-6-3-2-4-7-12)18(25)22-13-10-11-13/h2-4,6-7,13,17H,5,8-11H2,1H3,(H,22,25)/t17-/m0/s1. The van der Waals surface area contributed by atoms with E-state index in [4.69, 9.17) is 4.98 Å². The molecule has 0 unspecified atom stereocenters. The van der Waals surface area contributed by atoms with Gasteiger partial charge in [-0.25, -0.2) is 4.98 Å². The Bertz CT molecular complexity index is 1120. The van der Waals surface area contributed by atoms with Gasteiger partial charge in [0, 0.05) is 18.0 Å². The van der Waals surface area contributed by atoms with Gasteiger partial charge in [-0.15, -0.1) is 11.3 Å². The molecule has 1 N–H and O–H groups in total. The minimum absolute atomic E-state index is 0.00122. The fraction of sp³-hybridized carbons (Fsp3) is 0.381. The van der Waals surface area contributed by atoms with E-state index in [9.17, 15) is 9.59 Å². The van der Waals surface area contributed by atoms with Crippen molar-refractivity contribution in [2.24, 2.45) is 7.05 Å². The summed E-state index contributed by atoms with van der Waals surface area (Å²) in [6.07, 6.45) is 5.21. The number of amides is 1. The number of thiophene rings is 1. The molecule has 0 spiro atoms. The number of nitrogens with one attached hydrogen (secondary N) is 1. The first-order valence-electron chi connectivity index (χ1n) is 9.65. The number of fused-ring (bicyclic) bond motifs is 3. The van der Waals surface area contributed by atoms with Gasteiger partial charge >= 0.3 is 0 Å². The van der Waals surface area contributed by atoms with E-state index in [2.05, 4.69) is 5.32 Å². The van der Waals surface area contributed by atoms with Gasteiger partial charge in [0.25, 0.3) is 5.56 Å². The number of carbonyl (C=O) groups is 1. The first-order chi connectivity index (χ1) is 13.6. The van der Waals surface area contributed by atoms with Crippen molar-refractivity contribution in [3.05, 3.63) is 56.7 Å². The lowest BCUT2D eigenvalue weighted by atomic mass is 10.1. The van der Waals surface area contributed by atoms with Crippen LogP contribution < -0.4 is 10.9 Å². The second-order valence-corrected chi connectivity index (χ2v) is 9.64. The van der Waals surface area contributed by atoms with Crippen LogP contribution in [0.1, 0.15) is 40.5 Å². The molecule has 28 heavy (non-hydrogen) atoms. The van der Waals surface area contributed by atoms with Gasteiger partial charge in [-0.3, -0.25) is 14.2 Å². The monoisotopic (exact) mass is 411 g/mol. The Morgan fingerprint density at radius 2 is 2.07 bits per heavy atom. The molecule has 1 amide bonds. The number of nitrogens with zero attached hydrogens (tertiary/aromatic N) is 2. The molecular weight excluding hydrogens is 390 g/mol. The van der Waals surface area contributed by atoms with Crippen molar-refractivity contribution in [2.75, 3.05) is 0 Å². The summed E-state index contributed by atoms with van der Waals surface area (Å²) in [6, 6.07) is 10.0. The zero-order valence-electron chi connectivity index (χ0n) is 15.6. The molecule has 1 atom stereocenters. The zero-order valence-corrected chi connectivity index (χ0v) is 17.2. The first-order valence-corrected chi connectivity index (χ1v) is 11.3. The van der Waals surface area contributed by atoms with Crippen LogP contribution in [0.5, 0.6) is 0 Å². The van der Waals surface area contributed by atoms with Gasteiger partial charge in [-0.05, 0) is 43.2 Å². The topological polar surface area (TPSA) is 64.0 Å². The van der Waals surface area contributed by atoms with E-state index in [1.807, 2.05) is 30.3 Å². The third-order valence-electron chi connectivity index (χ3n) is 5.39. The number of aryl methyl sites for hydroxylation is 2. The van der Waals surface area contributed by atoms with Crippen LogP contribution in [0, 0.1) is 0 Å². The summed E-state index contributed by atoms with van der Waals surface area (Å²) >= 11 is 3.00. The van der Waals surface area contributed by atoms with Crippen molar-refractivity contribution in [3.63, 3.8) is 0 Å². The average molecular weight is 412 g/mol. The van der Waals surface area contributed by atoms with E-state index in [0.717, 1.165) is 47.9 Å². The van der Waals surface area contributed by atoms with Crippen LogP contribution in [0.2, 0.25) is 0 Å². The van der Waals surface area contributed by atoms with Crippen molar-refractivity contribution in [2.45, 2.75) is 48.6 Å². The lowest BCUT2D eigenvalue weighted by Crippen LogP contribution is -2.30. The third kappa shape index (κ3) is 3.16. The fourth-order valence-electron chi connectivity index (χ4n) is 3.72. The Balaban J connectivity index is 1.55. The third-order valence-corrected chi connectivity index (χ3v) is 7.88. The van der Waals surface area contributed by atoms with Crippen LogP contribution in [-0.4, -0.2) is 21.5 Å². The van der Waals surface area contributed by atoms with Gasteiger partial charge in [-0.2, -0.15) is 0 Å². The van der Waals surface area contributed by atoms with Gasteiger partial charge in [0.15, 0.2) is 5.16 Å². The summed E-state index contributed by atoms with van der Waals surface area (Å²) < 4.78 is 1.61. The molecule has 2 aromatic heterocycles. The van der Waals surface area contributed by atoms with Gasteiger partial charge < -0.3 is 5.32 Å². The highest BCUT2D eigenvalue weighted by molar-refractivity contribution is 8.00. The molecule has 7 heteroatoms. The lowest BCUT2D eigenvalue weighted by Gasteiger charge is -2.17. The van der Waals surface area contributed by atoms with Gasteiger partial charge in [0.2, 0.25) is 5.91 Å². The highest BCUT2D eigenvalue weighted by Gasteiger charge is 2.30. The van der Waals surface area contributed by atoms with E-state index < -0.39 is 5.25 Å². The largest absolute Gasteiger partial charge is 0.352 e. The van der Waals surface area contributed by atoms with Crippen LogP contribution in [0.15, 0.2) is 40.3 Å². The minimum Gasteiger partial charge on any atom is -0.352 e. The van der Waals surface area contributed by atoms with Crippen molar-refractivity contribution >= 4 is 39.2 Å². The predicted octanol–water partition coefficient (Wildman–Crippen LogP) is 3.60. The Kier molecular flexibility index (Phi) is 4.51. The molecule has 0 saturated heterocycles. The fourth-order valence-corrected chi connectivity index (χ4v) is 6.10. The van der Waals surface area contributed by atoms with E-state index in [1.165, 1.54) is 22.2 Å². The maximum absolute atomic E-state index is 13.1. The van der Waals surface area contributed by atoms with Crippen LogP contribution in [0.3, 0.4) is 0 Å². The highest BCUT2D eigenvalue weighted by atomic mass is 32.2. The summed E-state index contributed by atoms with van der Waals surface area (Å²) in [7, 11) is 1.76. The van der Waals surface area contributed by atoms with E-state index in [-0.39, 0.29) is 11.5 Å². The quantitative estimate of drug-likeness (QED) is 0.515. The molecule has 3 aromatic rings. The Morgan fingerprint density at radius 3 is 2.82 bits per heavy atom. The van der Waals surface area contributed by atoms with Crippen LogP contribution in [0.4, 0.5) is 0 Å². The molecule has 1 saturated carbocycles. The normalized spacial score (nSPS) is 16.9. The van der Waals surface area contributed by atoms with Crippen molar-refractivity contribution < 1.29 is 4.79 Å². The predicted molar refractivity (Wildman–Crippen MR) is 113 cm³/mol. The minimum atomic E-state index is -0.427. The second-order valence-electron chi connectivity index (χ2n) is 7.49. The summed E-state index contributed by atoms with van der Waals surface area (Å²) in [5.74, 6) is -0.0123. The van der Waals surface area contributed by atoms with Gasteiger partial charge in [-0.1, -0.05) is 42.1 Å². The number of hydrogen-bond donors (Lipinski definition) is 1. The molecule has 2 aliphatic carbocycles. The molecule has 2 heterocycles. The zero-order chi connectivity index (χ0) is 19.3. The summed E-state index contributed by atoms with van der Waals surface area (Å²) in [4.78, 5) is 32.9. The summed E-state index contributed by atoms with van der Waals surface area (Å²) in [5.41, 5.74) is 2.12. The van der Waals surface area contributed by atoms with E-state index in [1.54, 1.807) is 23.0 Å². The molecule has 5 nitrogen and oxygen atoms in total. The van der Waals surface area contributed by atoms with Crippen molar-refractivity contribution in [1.82, 2.24) is 14.9 Å². The molecule has 0 radical (unpaired) electrons. The molecule has 0 aliphatic heterocycles. The molecule has 5 rings (SSSR count). The Morgan fingerprint density at radius 1 is 1.29 bits per heavy atom. The van der Waals surface area contributed by atoms with Gasteiger partial charge in [0.05, 0.1) is 5.39 Å². The SMILES string of the molecule is Cn1c(S[C@H](C(=O)NC2CC2)c2ccccc2)nc2sc3c(c2c1=O)CCC3. The van der Waals surface area contributed by atoms with Crippen LogP contribution in [0.25, 0.3) is 10.2 Å². The molecular formula is C21H21N3O2S2. The number of thioether (sulfide) groups is 1. The van der Waals surface area contributed by atoms with E-state index >= 15 is 0 Å². The van der Waals surface area contributed by atoms with E-state index in [0.29, 0.717) is 11.2 Å². The lowest BCUT2D eigenvalue weighted by molar-refractivity contribution is -0.120. The molecule has 0 bridgehead atoms. The first kappa shape index (κ1) is 17.9.